The van der Waals surface area contributed by atoms with Crippen LogP contribution in [0.15, 0.2) is 0 Å². The van der Waals surface area contributed by atoms with Crippen molar-refractivity contribution in [2.24, 2.45) is 5.41 Å². The molecule has 16 nitrogen and oxygen atoms in total. The lowest BCUT2D eigenvalue weighted by molar-refractivity contribution is -0.129. The fraction of sp³-hybridized carbons (Fsp3) is 0.852. The lowest BCUT2D eigenvalue weighted by atomic mass is 9.92. The van der Waals surface area contributed by atoms with Gasteiger partial charge in [-0.15, -0.1) is 0 Å². The summed E-state index contributed by atoms with van der Waals surface area (Å²) in [4.78, 5) is 47.4. The second-order valence-electron chi connectivity index (χ2n) is 9.00. The quantitative estimate of drug-likeness (QED) is 0.0414. The van der Waals surface area contributed by atoms with Gasteiger partial charge >= 0.3 is 0 Å². The molecule has 0 saturated heterocycles. The third-order valence-corrected chi connectivity index (χ3v) is 5.26. The van der Waals surface area contributed by atoms with Crippen LogP contribution < -0.4 is 21.3 Å². The second kappa shape index (κ2) is 31.0. The first kappa shape index (κ1) is 45.0. The Kier molecular flexibility index (Phi) is 32.4. The van der Waals surface area contributed by atoms with E-state index in [1.165, 1.54) is 0 Å². The molecule has 0 bridgehead atoms. The van der Waals surface area contributed by atoms with Gasteiger partial charge in [-0.25, -0.2) is 0 Å². The van der Waals surface area contributed by atoms with Crippen molar-refractivity contribution >= 4 is 23.6 Å². The third kappa shape index (κ3) is 26.9. The molecule has 0 aliphatic heterocycles. The van der Waals surface area contributed by atoms with Crippen LogP contribution in [0.1, 0.15) is 40.5 Å². The van der Waals surface area contributed by atoms with E-state index in [4.69, 9.17) is 39.4 Å². The summed E-state index contributed by atoms with van der Waals surface area (Å²) in [6.07, 6.45) is 0.166. The fourth-order valence-corrected chi connectivity index (χ4v) is 3.20. The van der Waals surface area contributed by atoms with Gasteiger partial charge in [-0.1, -0.05) is 14.9 Å². The number of amides is 4. The average molecular weight is 629 g/mol. The molecule has 0 spiro atoms. The molecule has 0 aromatic carbocycles. The van der Waals surface area contributed by atoms with E-state index in [-0.39, 0.29) is 170 Å². The van der Waals surface area contributed by atoms with Crippen LogP contribution in [0.2, 0.25) is 0 Å². The molecule has 4 amide bonds. The minimum atomic E-state index is -0.938. The predicted octanol–water partition coefficient (Wildman–Crippen LogP) is -2.69. The number of carbonyl (C=O) groups excluding carboxylic acids is 4. The summed E-state index contributed by atoms with van der Waals surface area (Å²) in [7, 11) is 0. The fourth-order valence-electron chi connectivity index (χ4n) is 3.20. The first-order chi connectivity index (χ1) is 19.8. The topological polar surface area (TPSA) is 234 Å². The van der Waals surface area contributed by atoms with Gasteiger partial charge in [0.1, 0.15) is 0 Å². The molecule has 0 aromatic heterocycles. The number of aliphatic hydroxyl groups is 4. The van der Waals surface area contributed by atoms with Gasteiger partial charge in [0.15, 0.2) is 0 Å². The predicted molar refractivity (Wildman–Crippen MR) is 158 cm³/mol. The molecule has 0 rings (SSSR count). The zero-order chi connectivity index (χ0) is 30.6. The molecular formula is C27H56N4O12. The van der Waals surface area contributed by atoms with Crippen LogP contribution in [0.4, 0.5) is 0 Å². The molecular weight excluding hydrogens is 572 g/mol. The lowest BCUT2D eigenvalue weighted by Crippen LogP contribution is -2.43. The number of ether oxygens (including phenoxy) is 4. The summed E-state index contributed by atoms with van der Waals surface area (Å²) in [5.41, 5.74) is -0.938. The molecule has 0 atom stereocenters. The van der Waals surface area contributed by atoms with Crippen molar-refractivity contribution in [2.75, 3.05) is 105 Å². The number of aliphatic hydroxyl groups excluding tert-OH is 4. The largest absolute Gasteiger partial charge is 0.395 e. The summed E-state index contributed by atoms with van der Waals surface area (Å²) in [6.45, 7) is 0.0470. The molecule has 0 unspecified atom stereocenters. The van der Waals surface area contributed by atoms with Gasteiger partial charge in [-0.05, 0) is 0 Å². The number of rotatable bonds is 28. The van der Waals surface area contributed by atoms with Crippen molar-refractivity contribution in [1.82, 2.24) is 21.3 Å². The molecule has 43 heavy (non-hydrogen) atoms. The van der Waals surface area contributed by atoms with Gasteiger partial charge in [-0.2, -0.15) is 0 Å². The van der Waals surface area contributed by atoms with Gasteiger partial charge in [-0.3, -0.25) is 19.2 Å². The number of hydrogen-bond acceptors (Lipinski definition) is 12. The average Bonchev–Trinajstić information content (AvgIpc) is 2.97. The van der Waals surface area contributed by atoms with Gasteiger partial charge in [0.25, 0.3) is 0 Å². The van der Waals surface area contributed by atoms with E-state index in [9.17, 15) is 19.2 Å². The lowest BCUT2D eigenvalue weighted by Gasteiger charge is -2.33. The van der Waals surface area contributed by atoms with Crippen LogP contribution in [0.5, 0.6) is 0 Å². The summed E-state index contributed by atoms with van der Waals surface area (Å²) in [6, 6.07) is 0. The Balaban J connectivity index is -0.00000800. The highest BCUT2D eigenvalue weighted by Gasteiger charge is 2.33. The van der Waals surface area contributed by atoms with Gasteiger partial charge in [0.2, 0.25) is 23.6 Å². The summed E-state index contributed by atoms with van der Waals surface area (Å²) < 4.78 is 23.0. The SMILES string of the molecule is C.C.O=C(CCOCC(COCCC(=O)NCCO)(COCCC(=O)NCCO)COCCC(=O)NCCO)NCCO. The van der Waals surface area contributed by atoms with E-state index >= 15 is 0 Å². The maximum atomic E-state index is 11.8. The Morgan fingerprint density at radius 3 is 0.837 bits per heavy atom. The van der Waals surface area contributed by atoms with E-state index in [2.05, 4.69) is 21.3 Å². The highest BCUT2D eigenvalue weighted by Crippen LogP contribution is 2.21. The van der Waals surface area contributed by atoms with Gasteiger partial charge < -0.3 is 60.6 Å². The first-order valence-corrected chi connectivity index (χ1v) is 13.6. The van der Waals surface area contributed by atoms with Crippen molar-refractivity contribution < 1.29 is 58.6 Å². The molecule has 0 aromatic rings. The van der Waals surface area contributed by atoms with E-state index in [1.54, 1.807) is 0 Å². The highest BCUT2D eigenvalue weighted by molar-refractivity contribution is 5.76. The number of carbonyl (C=O) groups is 4. The Hall–Kier alpha value is -2.44. The first-order valence-electron chi connectivity index (χ1n) is 13.6. The monoisotopic (exact) mass is 628 g/mol. The van der Waals surface area contributed by atoms with E-state index < -0.39 is 5.41 Å². The molecule has 0 aliphatic carbocycles. The molecule has 0 saturated carbocycles. The third-order valence-electron chi connectivity index (χ3n) is 5.26. The van der Waals surface area contributed by atoms with E-state index in [0.29, 0.717) is 0 Å². The standard InChI is InChI=1S/C25H48N4O12.2CH4/c30-9-5-26-21(34)1-13-38-17-25(18-39-14-2-22(35)27-6-10-31,19-40-15-3-23(36)28-7-11-32)20-41-16-4-24(37)29-8-12-33;;/h30-33H,1-20H2,(H,26,34)(H,27,35)(H,28,36)(H,29,37);2*1H4. The summed E-state index contributed by atoms with van der Waals surface area (Å²) in [5.74, 6) is -1.20. The maximum Gasteiger partial charge on any atom is 0.222 e. The molecule has 8 N–H and O–H groups in total. The molecule has 0 fully saturated rings. The minimum Gasteiger partial charge on any atom is -0.395 e. The van der Waals surface area contributed by atoms with Crippen molar-refractivity contribution in [1.29, 1.82) is 0 Å². The van der Waals surface area contributed by atoms with Gasteiger partial charge in [0, 0.05) is 51.9 Å². The number of hydrogen-bond donors (Lipinski definition) is 8. The van der Waals surface area contributed by atoms with Crippen LogP contribution in [0.25, 0.3) is 0 Å². The Bertz CT molecular complexity index is 598. The molecule has 256 valence electrons. The summed E-state index contributed by atoms with van der Waals surface area (Å²) in [5, 5.41) is 45.5. The van der Waals surface area contributed by atoms with Crippen LogP contribution in [-0.2, 0) is 38.1 Å². The normalized spacial score (nSPS) is 10.7. The van der Waals surface area contributed by atoms with E-state index in [0.717, 1.165) is 0 Å². The second-order valence-corrected chi connectivity index (χ2v) is 9.00. The van der Waals surface area contributed by atoms with Crippen molar-refractivity contribution in [3.63, 3.8) is 0 Å². The molecule has 0 heterocycles. The smallest absolute Gasteiger partial charge is 0.222 e. The Labute approximate surface area is 255 Å². The van der Waals surface area contributed by atoms with E-state index in [1.807, 2.05) is 0 Å². The zero-order valence-electron chi connectivity index (χ0n) is 23.7. The van der Waals surface area contributed by atoms with Crippen LogP contribution >= 0.6 is 0 Å². The molecule has 0 aliphatic rings. The maximum absolute atomic E-state index is 11.8. The van der Waals surface area contributed by atoms with Crippen molar-refractivity contribution in [3.8, 4) is 0 Å². The zero-order valence-corrected chi connectivity index (χ0v) is 23.7. The Morgan fingerprint density at radius 2 is 0.651 bits per heavy atom. The Morgan fingerprint density at radius 1 is 0.442 bits per heavy atom. The minimum absolute atomic E-state index is 0. The van der Waals surface area contributed by atoms with Crippen molar-refractivity contribution in [3.05, 3.63) is 0 Å². The summed E-state index contributed by atoms with van der Waals surface area (Å²) >= 11 is 0. The molecule has 16 heteroatoms. The highest BCUT2D eigenvalue weighted by atomic mass is 16.5. The molecule has 0 radical (unpaired) electrons. The van der Waals surface area contributed by atoms with Gasteiger partial charge in [0.05, 0.1) is 84.7 Å². The number of nitrogens with one attached hydrogen (secondary N) is 4. The van der Waals surface area contributed by atoms with Crippen LogP contribution in [0, 0.1) is 5.41 Å². The van der Waals surface area contributed by atoms with Crippen LogP contribution in [0.3, 0.4) is 0 Å². The van der Waals surface area contributed by atoms with Crippen LogP contribution in [-0.4, -0.2) is 150 Å². The van der Waals surface area contributed by atoms with Crippen molar-refractivity contribution in [2.45, 2.75) is 40.5 Å².